The summed E-state index contributed by atoms with van der Waals surface area (Å²) in [6, 6.07) is 14.8. The predicted molar refractivity (Wildman–Crippen MR) is 131 cm³/mol. The van der Waals surface area contributed by atoms with Gasteiger partial charge in [0.15, 0.2) is 0 Å². The van der Waals surface area contributed by atoms with Crippen molar-refractivity contribution >= 4 is 50.7 Å². The number of ether oxygens (including phenoxy) is 1. The maximum atomic E-state index is 13.8. The minimum absolute atomic E-state index is 0.201. The van der Waals surface area contributed by atoms with Crippen LogP contribution in [0, 0.1) is 5.82 Å². The second-order valence-corrected chi connectivity index (χ2v) is 9.64. The van der Waals surface area contributed by atoms with Gasteiger partial charge in [-0.2, -0.15) is 0 Å². The number of aromatic nitrogens is 1. The van der Waals surface area contributed by atoms with Crippen LogP contribution in [-0.2, 0) is 17.9 Å². The predicted octanol–water partition coefficient (Wildman–Crippen LogP) is 5.24. The molecule has 0 saturated heterocycles. The van der Waals surface area contributed by atoms with Crippen molar-refractivity contribution in [3.05, 3.63) is 82.1 Å². The number of benzene rings is 2. The Morgan fingerprint density at radius 1 is 1.21 bits per heavy atom. The second-order valence-electron chi connectivity index (χ2n) is 8.34. The summed E-state index contributed by atoms with van der Waals surface area (Å²) in [7, 11) is 1.51. The minimum atomic E-state index is -1.25. The van der Waals surface area contributed by atoms with Gasteiger partial charge in [-0.05, 0) is 60.3 Å². The summed E-state index contributed by atoms with van der Waals surface area (Å²) in [4.78, 5) is 29.9. The van der Waals surface area contributed by atoms with Gasteiger partial charge in [0.1, 0.15) is 27.6 Å². The van der Waals surface area contributed by atoms with Crippen molar-refractivity contribution in [1.29, 1.82) is 0 Å². The van der Waals surface area contributed by atoms with E-state index in [1.54, 1.807) is 37.3 Å². The van der Waals surface area contributed by atoms with Crippen LogP contribution in [-0.4, -0.2) is 29.0 Å². The van der Waals surface area contributed by atoms with Crippen LogP contribution in [0.3, 0.4) is 0 Å². The molecule has 174 valence electrons. The first-order valence-electron chi connectivity index (χ1n) is 10.6. The van der Waals surface area contributed by atoms with Crippen LogP contribution in [0.25, 0.3) is 10.2 Å². The molecule has 0 aliphatic carbocycles. The summed E-state index contributed by atoms with van der Waals surface area (Å²) in [5.41, 5.74) is 0.503. The van der Waals surface area contributed by atoms with Crippen molar-refractivity contribution in [2.24, 2.45) is 0 Å². The molecule has 2 amide bonds. The third-order valence-corrected chi connectivity index (χ3v) is 7.38. The molecular formula is C25H21ClFN3O3S. The second kappa shape index (κ2) is 8.45. The molecule has 1 aliphatic rings. The Balaban J connectivity index is 1.56. The SMILES string of the molecule is COc1ccc(N2C(=O)c3cc4ccsc4n3C[C@@]2(C)C(=O)NCc2ccc(F)cc2)cc1Cl. The number of methoxy groups -OCH3 is 1. The average Bonchev–Trinajstić information content (AvgIpc) is 3.41. The third kappa shape index (κ3) is 3.63. The number of nitrogens with one attached hydrogen (secondary N) is 1. The van der Waals surface area contributed by atoms with Gasteiger partial charge in [-0.3, -0.25) is 14.5 Å². The molecule has 0 unspecified atom stereocenters. The number of halogens is 2. The lowest BCUT2D eigenvalue weighted by atomic mass is 9.93. The maximum Gasteiger partial charge on any atom is 0.275 e. The first-order chi connectivity index (χ1) is 16.3. The van der Waals surface area contributed by atoms with E-state index in [2.05, 4.69) is 5.32 Å². The monoisotopic (exact) mass is 497 g/mol. The highest BCUT2D eigenvalue weighted by Crippen LogP contribution is 2.39. The number of carbonyl (C=O) groups is 2. The number of nitrogens with zero attached hydrogens (tertiary/aromatic N) is 2. The Labute approximate surface area is 204 Å². The maximum absolute atomic E-state index is 13.8. The minimum Gasteiger partial charge on any atom is -0.495 e. The molecule has 9 heteroatoms. The molecule has 1 aliphatic heterocycles. The Bertz CT molecular complexity index is 1410. The number of thiophene rings is 1. The number of amides is 2. The van der Waals surface area contributed by atoms with Crippen molar-refractivity contribution < 1.29 is 18.7 Å². The van der Waals surface area contributed by atoms with E-state index in [0.29, 0.717) is 22.2 Å². The van der Waals surface area contributed by atoms with Crippen LogP contribution in [0.5, 0.6) is 5.75 Å². The van der Waals surface area contributed by atoms with E-state index in [-0.39, 0.29) is 30.7 Å². The van der Waals surface area contributed by atoms with Gasteiger partial charge < -0.3 is 14.6 Å². The van der Waals surface area contributed by atoms with Crippen LogP contribution in [0.2, 0.25) is 5.02 Å². The number of anilines is 1. The summed E-state index contributed by atoms with van der Waals surface area (Å²) in [5, 5.41) is 6.18. The fourth-order valence-electron chi connectivity index (χ4n) is 4.37. The van der Waals surface area contributed by atoms with E-state index in [1.165, 1.54) is 35.5 Å². The molecule has 0 saturated carbocycles. The van der Waals surface area contributed by atoms with E-state index < -0.39 is 5.54 Å². The summed E-state index contributed by atoms with van der Waals surface area (Å²) < 4.78 is 20.4. The molecule has 1 atom stereocenters. The smallest absolute Gasteiger partial charge is 0.275 e. The van der Waals surface area contributed by atoms with Crippen LogP contribution in [0.4, 0.5) is 10.1 Å². The number of hydrogen-bond acceptors (Lipinski definition) is 4. The first kappa shape index (κ1) is 22.4. The highest BCUT2D eigenvalue weighted by atomic mass is 35.5. The van der Waals surface area contributed by atoms with Gasteiger partial charge in [-0.1, -0.05) is 23.7 Å². The van der Waals surface area contributed by atoms with Crippen molar-refractivity contribution in [3.63, 3.8) is 0 Å². The zero-order valence-electron chi connectivity index (χ0n) is 18.5. The molecule has 0 fully saturated rings. The fourth-order valence-corrected chi connectivity index (χ4v) is 5.52. The summed E-state index contributed by atoms with van der Waals surface area (Å²) in [6.45, 7) is 2.20. The average molecular weight is 498 g/mol. The van der Waals surface area contributed by atoms with Crippen molar-refractivity contribution in [1.82, 2.24) is 9.88 Å². The zero-order chi connectivity index (χ0) is 24.0. The van der Waals surface area contributed by atoms with E-state index >= 15 is 0 Å². The highest BCUT2D eigenvalue weighted by molar-refractivity contribution is 7.16. The lowest BCUT2D eigenvalue weighted by Gasteiger charge is -2.44. The Morgan fingerprint density at radius 2 is 1.97 bits per heavy atom. The Kier molecular flexibility index (Phi) is 5.58. The fraction of sp³-hybridized carbons (Fsp3) is 0.200. The number of fused-ring (bicyclic) bond motifs is 3. The van der Waals surface area contributed by atoms with Gasteiger partial charge in [0.05, 0.1) is 18.7 Å². The van der Waals surface area contributed by atoms with Crippen molar-refractivity contribution in [2.45, 2.75) is 25.6 Å². The molecule has 4 aromatic rings. The standard InChI is InChI=1S/C25H21ClFN3O3S/c1-25(24(32)28-13-15-3-5-17(27)6-4-15)14-29-20(11-16-9-10-34-23(16)29)22(31)30(25)18-7-8-21(33-2)19(26)12-18/h3-12H,13-14H2,1-2H3,(H,28,32)/t25-/m0/s1. The molecule has 5 rings (SSSR count). The molecule has 0 radical (unpaired) electrons. The van der Waals surface area contributed by atoms with Crippen molar-refractivity contribution in [3.8, 4) is 5.75 Å². The van der Waals surface area contributed by atoms with Gasteiger partial charge in [-0.25, -0.2) is 4.39 Å². The van der Waals surface area contributed by atoms with Gasteiger partial charge in [0, 0.05) is 17.6 Å². The summed E-state index contributed by atoms with van der Waals surface area (Å²) >= 11 is 7.90. The number of hydrogen-bond donors (Lipinski definition) is 1. The molecule has 0 spiro atoms. The topological polar surface area (TPSA) is 63.6 Å². The van der Waals surface area contributed by atoms with E-state index in [0.717, 1.165) is 15.8 Å². The van der Waals surface area contributed by atoms with Gasteiger partial charge >= 0.3 is 0 Å². The van der Waals surface area contributed by atoms with Crippen LogP contribution >= 0.6 is 22.9 Å². The molecular weight excluding hydrogens is 477 g/mol. The number of rotatable bonds is 5. The summed E-state index contributed by atoms with van der Waals surface area (Å²) in [6.07, 6.45) is 0. The zero-order valence-corrected chi connectivity index (χ0v) is 20.0. The van der Waals surface area contributed by atoms with Gasteiger partial charge in [0.2, 0.25) is 5.91 Å². The molecule has 34 heavy (non-hydrogen) atoms. The number of carbonyl (C=O) groups excluding carboxylic acids is 2. The Hall–Kier alpha value is -3.36. The lowest BCUT2D eigenvalue weighted by molar-refractivity contribution is -0.126. The quantitative estimate of drug-likeness (QED) is 0.410. The summed E-state index contributed by atoms with van der Waals surface area (Å²) in [5.74, 6) is -0.500. The van der Waals surface area contributed by atoms with Crippen LogP contribution in [0.1, 0.15) is 23.0 Å². The highest BCUT2D eigenvalue weighted by Gasteiger charge is 2.48. The van der Waals surface area contributed by atoms with Crippen LogP contribution in [0.15, 0.2) is 60.0 Å². The third-order valence-electron chi connectivity index (χ3n) is 6.13. The molecule has 2 aromatic carbocycles. The molecule has 1 N–H and O–H groups in total. The van der Waals surface area contributed by atoms with Crippen molar-refractivity contribution in [2.75, 3.05) is 12.0 Å². The van der Waals surface area contributed by atoms with Crippen LogP contribution < -0.4 is 15.0 Å². The molecule has 0 bridgehead atoms. The largest absolute Gasteiger partial charge is 0.495 e. The van der Waals surface area contributed by atoms with E-state index in [9.17, 15) is 14.0 Å². The first-order valence-corrected chi connectivity index (χ1v) is 11.8. The van der Waals surface area contributed by atoms with Gasteiger partial charge in [-0.15, -0.1) is 11.3 Å². The molecule has 2 aromatic heterocycles. The molecule has 3 heterocycles. The van der Waals surface area contributed by atoms with E-state index in [1.807, 2.05) is 22.1 Å². The van der Waals surface area contributed by atoms with Gasteiger partial charge in [0.25, 0.3) is 5.91 Å². The lowest BCUT2D eigenvalue weighted by Crippen LogP contribution is -2.64. The molecule has 6 nitrogen and oxygen atoms in total. The van der Waals surface area contributed by atoms with E-state index in [4.69, 9.17) is 16.3 Å². The normalized spacial score (nSPS) is 17.6. The Morgan fingerprint density at radius 3 is 2.68 bits per heavy atom.